The molecule has 0 unspecified atom stereocenters. The lowest BCUT2D eigenvalue weighted by Crippen LogP contribution is -1.95. The Morgan fingerprint density at radius 2 is 1.48 bits per heavy atom. The van der Waals surface area contributed by atoms with Crippen LogP contribution in [0.2, 0.25) is 0 Å². The third-order valence-electron chi connectivity index (χ3n) is 4.09. The number of H-pyrrole nitrogens is 1. The van der Waals surface area contributed by atoms with Crippen molar-refractivity contribution in [3.05, 3.63) is 95.0 Å². The summed E-state index contributed by atoms with van der Waals surface area (Å²) in [5, 5.41) is 11.4. The van der Waals surface area contributed by atoms with Crippen molar-refractivity contribution in [1.29, 1.82) is 0 Å². The number of nitrogens with zero attached hydrogens (tertiary/aromatic N) is 3. The molecule has 0 aliphatic rings. The Kier molecular flexibility index (Phi) is 4.72. The third-order valence-corrected chi connectivity index (χ3v) is 4.36. The first-order chi connectivity index (χ1) is 13.2. The van der Waals surface area contributed by atoms with Crippen LogP contribution in [-0.4, -0.2) is 21.1 Å². The van der Waals surface area contributed by atoms with E-state index in [1.165, 1.54) is 16.8 Å². The van der Waals surface area contributed by atoms with Crippen LogP contribution < -0.4 is 0 Å². The standard InChI is InChI=1S/C21H15FN4S/c22-19-12-10-18(11-13-19)20-24-25-21(27)26(20)23-14-15-6-8-17(9-7-15)16-4-2-1-3-5-16/h1-14H,(H,25,27)/b23-14+. The molecule has 1 heterocycles. The van der Waals surface area contributed by atoms with Crippen molar-refractivity contribution in [3.8, 4) is 22.5 Å². The van der Waals surface area contributed by atoms with E-state index >= 15 is 0 Å². The second-order valence-corrected chi connectivity index (χ2v) is 6.29. The van der Waals surface area contributed by atoms with Crippen molar-refractivity contribution >= 4 is 18.4 Å². The predicted octanol–water partition coefficient (Wildman–Crippen LogP) is 5.30. The summed E-state index contributed by atoms with van der Waals surface area (Å²) in [6, 6.07) is 24.3. The molecular formula is C21H15FN4S. The fourth-order valence-electron chi connectivity index (χ4n) is 2.70. The lowest BCUT2D eigenvalue weighted by molar-refractivity contribution is 0.628. The average molecular weight is 374 g/mol. The lowest BCUT2D eigenvalue weighted by atomic mass is 10.0. The zero-order chi connectivity index (χ0) is 18.6. The molecule has 0 atom stereocenters. The minimum atomic E-state index is -0.304. The lowest BCUT2D eigenvalue weighted by Gasteiger charge is -2.03. The highest BCUT2D eigenvalue weighted by Gasteiger charge is 2.08. The predicted molar refractivity (Wildman–Crippen MR) is 108 cm³/mol. The molecule has 0 saturated heterocycles. The van der Waals surface area contributed by atoms with Gasteiger partial charge >= 0.3 is 0 Å². The molecule has 0 spiro atoms. The summed E-state index contributed by atoms with van der Waals surface area (Å²) in [6.07, 6.45) is 1.72. The summed E-state index contributed by atoms with van der Waals surface area (Å²) < 4.78 is 15.0. The highest BCUT2D eigenvalue weighted by atomic mass is 32.1. The van der Waals surface area contributed by atoms with E-state index in [4.69, 9.17) is 12.2 Å². The number of rotatable bonds is 4. The number of benzene rings is 3. The van der Waals surface area contributed by atoms with Gasteiger partial charge in [-0.25, -0.2) is 9.49 Å². The molecule has 0 radical (unpaired) electrons. The van der Waals surface area contributed by atoms with E-state index in [-0.39, 0.29) is 5.82 Å². The van der Waals surface area contributed by atoms with Crippen LogP contribution in [0.15, 0.2) is 84.0 Å². The van der Waals surface area contributed by atoms with E-state index < -0.39 is 0 Å². The van der Waals surface area contributed by atoms with E-state index in [9.17, 15) is 4.39 Å². The van der Waals surface area contributed by atoms with Crippen LogP contribution in [0, 0.1) is 10.6 Å². The van der Waals surface area contributed by atoms with Gasteiger partial charge < -0.3 is 0 Å². The fraction of sp³-hybridized carbons (Fsp3) is 0. The van der Waals surface area contributed by atoms with Crippen molar-refractivity contribution in [2.75, 3.05) is 0 Å². The van der Waals surface area contributed by atoms with Crippen molar-refractivity contribution in [1.82, 2.24) is 14.9 Å². The van der Waals surface area contributed by atoms with Crippen LogP contribution in [0.25, 0.3) is 22.5 Å². The van der Waals surface area contributed by atoms with Gasteiger partial charge in [0.05, 0.1) is 6.21 Å². The first-order valence-corrected chi connectivity index (χ1v) is 8.75. The SMILES string of the molecule is Fc1ccc(-c2n[nH]c(=S)n2/N=C/c2ccc(-c3ccccc3)cc2)cc1. The molecule has 0 aliphatic heterocycles. The Labute approximate surface area is 160 Å². The quantitative estimate of drug-likeness (QED) is 0.389. The molecule has 4 nitrogen and oxygen atoms in total. The molecule has 1 aromatic heterocycles. The minimum Gasteiger partial charge on any atom is -0.250 e. The minimum absolute atomic E-state index is 0.304. The first kappa shape index (κ1) is 17.1. The Balaban J connectivity index is 1.61. The zero-order valence-electron chi connectivity index (χ0n) is 14.2. The smallest absolute Gasteiger partial charge is 0.216 e. The third kappa shape index (κ3) is 3.75. The maximum Gasteiger partial charge on any atom is 0.216 e. The van der Waals surface area contributed by atoms with Crippen LogP contribution in [-0.2, 0) is 0 Å². The van der Waals surface area contributed by atoms with E-state index in [0.29, 0.717) is 10.6 Å². The summed E-state index contributed by atoms with van der Waals surface area (Å²) in [7, 11) is 0. The van der Waals surface area contributed by atoms with Crippen LogP contribution in [0.4, 0.5) is 4.39 Å². The van der Waals surface area contributed by atoms with Crippen LogP contribution in [0.1, 0.15) is 5.56 Å². The molecule has 0 bridgehead atoms. The van der Waals surface area contributed by atoms with Gasteiger partial charge in [0.15, 0.2) is 5.82 Å². The summed E-state index contributed by atoms with van der Waals surface area (Å²) in [5.41, 5.74) is 3.96. The van der Waals surface area contributed by atoms with Gasteiger partial charge in [-0.1, -0.05) is 54.6 Å². The van der Waals surface area contributed by atoms with Gasteiger partial charge in [0.1, 0.15) is 5.82 Å². The topological polar surface area (TPSA) is 46.0 Å². The van der Waals surface area contributed by atoms with E-state index in [0.717, 1.165) is 22.3 Å². The maximum absolute atomic E-state index is 13.1. The van der Waals surface area contributed by atoms with Gasteiger partial charge in [0.25, 0.3) is 0 Å². The van der Waals surface area contributed by atoms with E-state index in [1.807, 2.05) is 42.5 Å². The molecule has 3 aromatic carbocycles. The molecule has 1 N–H and O–H groups in total. The Morgan fingerprint density at radius 3 is 2.19 bits per heavy atom. The summed E-state index contributed by atoms with van der Waals surface area (Å²) in [4.78, 5) is 0. The van der Waals surface area contributed by atoms with Gasteiger partial charge in [-0.15, -0.1) is 0 Å². The molecular weight excluding hydrogens is 359 g/mol. The molecule has 132 valence electrons. The summed E-state index contributed by atoms with van der Waals surface area (Å²) in [5.74, 6) is 0.221. The van der Waals surface area contributed by atoms with Crippen LogP contribution in [0.3, 0.4) is 0 Å². The van der Waals surface area contributed by atoms with Gasteiger partial charge in [-0.05, 0) is 53.2 Å². The van der Waals surface area contributed by atoms with Gasteiger partial charge in [0, 0.05) is 5.56 Å². The van der Waals surface area contributed by atoms with E-state index in [1.54, 1.807) is 18.3 Å². The Hall–Kier alpha value is -3.38. The van der Waals surface area contributed by atoms with Gasteiger partial charge in [0.2, 0.25) is 4.77 Å². The second kappa shape index (κ2) is 7.47. The second-order valence-electron chi connectivity index (χ2n) is 5.90. The molecule has 6 heteroatoms. The van der Waals surface area contributed by atoms with Crippen molar-refractivity contribution < 1.29 is 4.39 Å². The number of aromatic amines is 1. The number of nitrogens with one attached hydrogen (secondary N) is 1. The zero-order valence-corrected chi connectivity index (χ0v) is 15.0. The summed E-state index contributed by atoms with van der Waals surface area (Å²) >= 11 is 5.26. The largest absolute Gasteiger partial charge is 0.250 e. The number of hydrogen-bond donors (Lipinski definition) is 1. The first-order valence-electron chi connectivity index (χ1n) is 8.34. The molecule has 0 amide bonds. The number of aromatic nitrogens is 3. The Bertz CT molecular complexity index is 1130. The molecule has 0 fully saturated rings. The Morgan fingerprint density at radius 1 is 0.852 bits per heavy atom. The molecule has 27 heavy (non-hydrogen) atoms. The van der Waals surface area contributed by atoms with Crippen LogP contribution >= 0.6 is 12.2 Å². The molecule has 0 saturated carbocycles. The van der Waals surface area contributed by atoms with Crippen LogP contribution in [0.5, 0.6) is 0 Å². The van der Waals surface area contributed by atoms with Crippen molar-refractivity contribution in [2.45, 2.75) is 0 Å². The van der Waals surface area contributed by atoms with Gasteiger partial charge in [-0.3, -0.25) is 0 Å². The molecule has 4 rings (SSSR count). The molecule has 0 aliphatic carbocycles. The van der Waals surface area contributed by atoms with Crippen molar-refractivity contribution in [3.63, 3.8) is 0 Å². The highest BCUT2D eigenvalue weighted by molar-refractivity contribution is 7.71. The number of hydrogen-bond acceptors (Lipinski definition) is 3. The van der Waals surface area contributed by atoms with Gasteiger partial charge in [-0.2, -0.15) is 14.9 Å². The van der Waals surface area contributed by atoms with Crippen molar-refractivity contribution in [2.24, 2.45) is 5.10 Å². The monoisotopic (exact) mass is 374 g/mol. The van der Waals surface area contributed by atoms with E-state index in [2.05, 4.69) is 27.4 Å². The number of halogens is 1. The maximum atomic E-state index is 13.1. The highest BCUT2D eigenvalue weighted by Crippen LogP contribution is 2.20. The summed E-state index contributed by atoms with van der Waals surface area (Å²) in [6.45, 7) is 0. The molecule has 4 aromatic rings. The normalized spacial score (nSPS) is 11.1. The fourth-order valence-corrected chi connectivity index (χ4v) is 2.88. The average Bonchev–Trinajstić information content (AvgIpc) is 3.08.